The Hall–Kier alpha value is -1.84. The maximum Gasteiger partial charge on any atom is 0.250 e. The lowest BCUT2D eigenvalue weighted by molar-refractivity contribution is 0.100. The molecular weight excluding hydrogens is 154 g/mol. The number of amides is 1. The lowest BCUT2D eigenvalue weighted by Crippen LogP contribution is -2.10. The van der Waals surface area contributed by atoms with Crippen molar-refractivity contribution in [1.29, 1.82) is 0 Å². The predicted octanol–water partition coefficient (Wildman–Crippen LogP) is 0.433. The summed E-state index contributed by atoms with van der Waals surface area (Å²) in [5, 5.41) is 0. The van der Waals surface area contributed by atoms with Crippen LogP contribution >= 0.6 is 0 Å². The molecule has 4 heteroatoms. The number of primary amides is 1. The summed E-state index contributed by atoms with van der Waals surface area (Å²) in [5.41, 5.74) is 6.47. The molecule has 0 aliphatic rings. The van der Waals surface area contributed by atoms with Gasteiger partial charge < -0.3 is 10.1 Å². The molecule has 2 aromatic rings. The van der Waals surface area contributed by atoms with E-state index in [1.165, 1.54) is 0 Å². The molecule has 0 radical (unpaired) electrons. The first kappa shape index (κ1) is 6.84. The lowest BCUT2D eigenvalue weighted by Gasteiger charge is -1.93. The molecule has 60 valence electrons. The van der Waals surface area contributed by atoms with Crippen LogP contribution in [-0.4, -0.2) is 15.3 Å². The largest absolute Gasteiger partial charge is 0.366 e. The average Bonchev–Trinajstić information content (AvgIpc) is 2.47. The first-order chi connectivity index (χ1) is 5.79. The average molecular weight is 161 g/mol. The molecule has 4 nitrogen and oxygen atoms in total. The number of carbonyl (C=O) groups is 1. The van der Waals surface area contributed by atoms with Crippen LogP contribution in [-0.2, 0) is 0 Å². The zero-order valence-corrected chi connectivity index (χ0v) is 6.27. The Morgan fingerprint density at radius 1 is 1.50 bits per heavy atom. The molecule has 2 rings (SSSR count). The van der Waals surface area contributed by atoms with Crippen molar-refractivity contribution in [3.63, 3.8) is 0 Å². The molecule has 1 amide bonds. The molecule has 12 heavy (non-hydrogen) atoms. The summed E-state index contributed by atoms with van der Waals surface area (Å²) in [5.74, 6) is -0.413. The van der Waals surface area contributed by atoms with Crippen molar-refractivity contribution in [2.24, 2.45) is 5.73 Å². The highest BCUT2D eigenvalue weighted by molar-refractivity contribution is 5.99. The summed E-state index contributed by atoms with van der Waals surface area (Å²) in [7, 11) is 0. The first-order valence-electron chi connectivity index (χ1n) is 3.49. The summed E-state index contributed by atoms with van der Waals surface area (Å²) < 4.78 is 1.75. The maximum absolute atomic E-state index is 10.9. The van der Waals surface area contributed by atoms with E-state index >= 15 is 0 Å². The van der Waals surface area contributed by atoms with Crippen molar-refractivity contribution in [1.82, 2.24) is 9.38 Å². The molecule has 0 unspecified atom stereocenters. The summed E-state index contributed by atoms with van der Waals surface area (Å²) in [4.78, 5) is 14.8. The molecule has 0 bridgehead atoms. The number of nitrogens with zero attached hydrogens (tertiary/aromatic N) is 2. The van der Waals surface area contributed by atoms with Crippen molar-refractivity contribution < 1.29 is 4.79 Å². The van der Waals surface area contributed by atoms with E-state index in [-0.39, 0.29) is 0 Å². The van der Waals surface area contributed by atoms with Crippen LogP contribution in [0.4, 0.5) is 0 Å². The third-order valence-electron chi connectivity index (χ3n) is 1.73. The van der Waals surface area contributed by atoms with Crippen molar-refractivity contribution in [3.05, 3.63) is 36.4 Å². The molecule has 0 saturated carbocycles. The second-order valence-corrected chi connectivity index (χ2v) is 2.47. The first-order valence-corrected chi connectivity index (χ1v) is 3.49. The van der Waals surface area contributed by atoms with Gasteiger partial charge in [0, 0.05) is 12.4 Å². The van der Waals surface area contributed by atoms with Crippen LogP contribution in [0.1, 0.15) is 10.4 Å². The molecule has 0 atom stereocenters. The Kier molecular flexibility index (Phi) is 1.33. The highest BCUT2D eigenvalue weighted by Gasteiger charge is 2.05. The fourth-order valence-electron chi connectivity index (χ4n) is 1.17. The van der Waals surface area contributed by atoms with E-state index in [1.54, 1.807) is 35.3 Å². The van der Waals surface area contributed by atoms with Crippen LogP contribution in [0.2, 0.25) is 0 Å². The van der Waals surface area contributed by atoms with Gasteiger partial charge in [-0.2, -0.15) is 0 Å². The number of fused-ring (bicyclic) bond motifs is 1. The fourth-order valence-corrected chi connectivity index (χ4v) is 1.17. The molecule has 0 aliphatic heterocycles. The van der Waals surface area contributed by atoms with E-state index < -0.39 is 5.91 Å². The molecule has 0 aromatic carbocycles. The highest BCUT2D eigenvalue weighted by Crippen LogP contribution is 2.09. The highest BCUT2D eigenvalue weighted by atomic mass is 16.1. The van der Waals surface area contributed by atoms with Crippen molar-refractivity contribution >= 4 is 11.4 Å². The van der Waals surface area contributed by atoms with Gasteiger partial charge in [0.25, 0.3) is 5.91 Å². The maximum atomic E-state index is 10.9. The van der Waals surface area contributed by atoms with Gasteiger partial charge in [0.15, 0.2) is 0 Å². The number of rotatable bonds is 1. The van der Waals surface area contributed by atoms with E-state index in [2.05, 4.69) is 4.98 Å². The number of hydrogen-bond donors (Lipinski definition) is 1. The van der Waals surface area contributed by atoms with Gasteiger partial charge in [0.2, 0.25) is 0 Å². The van der Waals surface area contributed by atoms with Gasteiger partial charge in [-0.05, 0) is 12.1 Å². The van der Waals surface area contributed by atoms with Gasteiger partial charge >= 0.3 is 0 Å². The molecule has 0 aliphatic carbocycles. The van der Waals surface area contributed by atoms with Gasteiger partial charge in [0.05, 0.1) is 17.4 Å². The number of hydrogen-bond acceptors (Lipinski definition) is 2. The minimum absolute atomic E-state index is 0.413. The Morgan fingerprint density at radius 3 is 3.08 bits per heavy atom. The lowest BCUT2D eigenvalue weighted by atomic mass is 10.2. The predicted molar refractivity (Wildman–Crippen MR) is 43.7 cm³/mol. The fraction of sp³-hybridized carbons (Fsp3) is 0. The molecule has 2 aromatic heterocycles. The van der Waals surface area contributed by atoms with Gasteiger partial charge in [-0.3, -0.25) is 4.79 Å². The van der Waals surface area contributed by atoms with Gasteiger partial charge in [-0.15, -0.1) is 0 Å². The zero-order valence-electron chi connectivity index (χ0n) is 6.27. The zero-order chi connectivity index (χ0) is 8.55. The molecule has 0 saturated heterocycles. The van der Waals surface area contributed by atoms with Crippen molar-refractivity contribution in [3.8, 4) is 0 Å². The third-order valence-corrected chi connectivity index (χ3v) is 1.73. The van der Waals surface area contributed by atoms with E-state index in [4.69, 9.17) is 5.73 Å². The van der Waals surface area contributed by atoms with Gasteiger partial charge in [-0.25, -0.2) is 4.98 Å². The minimum atomic E-state index is -0.413. The van der Waals surface area contributed by atoms with Gasteiger partial charge in [0.1, 0.15) is 0 Å². The standard InChI is InChI=1S/C8H7N3O/c9-8(12)6-2-4-11-5-10-3-1-7(6)11/h1-5H,(H2,9,12). The summed E-state index contributed by atoms with van der Waals surface area (Å²) >= 11 is 0. The number of carbonyl (C=O) groups excluding carboxylic acids is 1. The van der Waals surface area contributed by atoms with E-state index in [0.717, 1.165) is 5.52 Å². The van der Waals surface area contributed by atoms with Gasteiger partial charge in [-0.1, -0.05) is 0 Å². The van der Waals surface area contributed by atoms with Crippen LogP contribution in [0, 0.1) is 0 Å². The molecular formula is C8H7N3O. The van der Waals surface area contributed by atoms with Crippen molar-refractivity contribution in [2.75, 3.05) is 0 Å². The summed E-state index contributed by atoms with van der Waals surface area (Å²) in [6.07, 6.45) is 5.01. The van der Waals surface area contributed by atoms with Crippen LogP contribution in [0.3, 0.4) is 0 Å². The quantitative estimate of drug-likeness (QED) is 0.659. The molecule has 0 spiro atoms. The Labute approximate surface area is 68.6 Å². The molecule has 2 N–H and O–H groups in total. The second-order valence-electron chi connectivity index (χ2n) is 2.47. The second kappa shape index (κ2) is 2.34. The SMILES string of the molecule is NC(=O)c1ccn2cnccc12. The topological polar surface area (TPSA) is 60.4 Å². The Morgan fingerprint density at radius 2 is 2.33 bits per heavy atom. The smallest absolute Gasteiger partial charge is 0.250 e. The Bertz CT molecular complexity index is 433. The van der Waals surface area contributed by atoms with E-state index in [1.807, 2.05) is 0 Å². The minimum Gasteiger partial charge on any atom is -0.366 e. The molecule has 2 heterocycles. The van der Waals surface area contributed by atoms with Crippen LogP contribution in [0.15, 0.2) is 30.9 Å². The summed E-state index contributed by atoms with van der Waals surface area (Å²) in [6, 6.07) is 3.43. The number of aromatic nitrogens is 2. The van der Waals surface area contributed by atoms with Crippen LogP contribution in [0.5, 0.6) is 0 Å². The van der Waals surface area contributed by atoms with Crippen molar-refractivity contribution in [2.45, 2.75) is 0 Å². The normalized spacial score (nSPS) is 10.3. The third kappa shape index (κ3) is 0.852. The molecule has 0 fully saturated rings. The van der Waals surface area contributed by atoms with E-state index in [0.29, 0.717) is 5.56 Å². The van der Waals surface area contributed by atoms with Crippen LogP contribution < -0.4 is 5.73 Å². The van der Waals surface area contributed by atoms with Crippen LogP contribution in [0.25, 0.3) is 5.52 Å². The monoisotopic (exact) mass is 161 g/mol. The summed E-state index contributed by atoms with van der Waals surface area (Å²) in [6.45, 7) is 0. The Balaban J connectivity index is 2.79. The van der Waals surface area contributed by atoms with E-state index in [9.17, 15) is 4.79 Å². The number of nitrogens with two attached hydrogens (primary N) is 1.